The first-order chi connectivity index (χ1) is 11.2. The minimum Gasteiger partial charge on any atom is -0.378 e. The van der Waals surface area contributed by atoms with Crippen molar-refractivity contribution < 1.29 is 4.74 Å². The van der Waals surface area contributed by atoms with E-state index in [4.69, 9.17) is 21.3 Å². The van der Waals surface area contributed by atoms with Crippen molar-refractivity contribution in [1.29, 1.82) is 0 Å². The summed E-state index contributed by atoms with van der Waals surface area (Å²) in [6.45, 7) is 5.16. The van der Waals surface area contributed by atoms with Gasteiger partial charge in [-0.05, 0) is 25.1 Å². The normalized spacial score (nSPS) is 15.3. The van der Waals surface area contributed by atoms with Crippen LogP contribution in [0.25, 0.3) is 22.4 Å². The predicted molar refractivity (Wildman–Crippen MR) is 92.1 cm³/mol. The molecule has 1 aliphatic heterocycles. The Morgan fingerprint density at radius 3 is 2.78 bits per heavy atom. The molecule has 1 saturated heterocycles. The number of rotatable bonds is 2. The van der Waals surface area contributed by atoms with Crippen LogP contribution in [0.2, 0.25) is 5.02 Å². The molecule has 0 aliphatic carbocycles. The number of aryl methyl sites for hydroxylation is 1. The summed E-state index contributed by atoms with van der Waals surface area (Å²) in [4.78, 5) is 15.1. The summed E-state index contributed by atoms with van der Waals surface area (Å²) in [5.74, 6) is 1.64. The molecule has 5 nitrogen and oxygen atoms in total. The number of H-pyrrole nitrogens is 1. The van der Waals surface area contributed by atoms with E-state index in [2.05, 4.69) is 20.9 Å². The third-order valence-corrected chi connectivity index (χ3v) is 4.23. The zero-order valence-corrected chi connectivity index (χ0v) is 13.6. The quantitative estimate of drug-likeness (QED) is 0.783. The van der Waals surface area contributed by atoms with E-state index in [1.165, 1.54) is 0 Å². The van der Waals surface area contributed by atoms with E-state index in [-0.39, 0.29) is 0 Å². The van der Waals surface area contributed by atoms with Crippen molar-refractivity contribution in [2.24, 2.45) is 0 Å². The van der Waals surface area contributed by atoms with Crippen LogP contribution in [0.15, 0.2) is 30.3 Å². The van der Waals surface area contributed by atoms with Crippen molar-refractivity contribution in [2.45, 2.75) is 6.92 Å². The first-order valence-corrected chi connectivity index (χ1v) is 8.04. The molecule has 2 aromatic heterocycles. The third kappa shape index (κ3) is 2.78. The summed E-state index contributed by atoms with van der Waals surface area (Å²) in [6, 6.07) is 9.74. The minimum atomic E-state index is 0.682. The lowest BCUT2D eigenvalue weighted by Gasteiger charge is -2.28. The van der Waals surface area contributed by atoms with E-state index < -0.39 is 0 Å². The molecule has 0 radical (unpaired) electrons. The van der Waals surface area contributed by atoms with Crippen molar-refractivity contribution in [3.8, 4) is 11.4 Å². The number of morpholine rings is 1. The third-order valence-electron chi connectivity index (χ3n) is 4.00. The van der Waals surface area contributed by atoms with Crippen molar-refractivity contribution in [3.05, 3.63) is 41.0 Å². The number of benzene rings is 1. The maximum absolute atomic E-state index is 6.12. The molecule has 0 saturated carbocycles. The Bertz CT molecular complexity index is 855. The van der Waals surface area contributed by atoms with Crippen LogP contribution in [-0.4, -0.2) is 41.3 Å². The molecule has 118 valence electrons. The molecule has 3 heterocycles. The number of hydrogen-bond acceptors (Lipinski definition) is 4. The molecular weight excluding hydrogens is 312 g/mol. The summed E-state index contributed by atoms with van der Waals surface area (Å²) >= 11 is 6.12. The van der Waals surface area contributed by atoms with Crippen LogP contribution in [0.5, 0.6) is 0 Å². The van der Waals surface area contributed by atoms with E-state index in [9.17, 15) is 0 Å². The number of hydrogen-bond donors (Lipinski definition) is 1. The van der Waals surface area contributed by atoms with Gasteiger partial charge in [-0.3, -0.25) is 0 Å². The monoisotopic (exact) mass is 328 g/mol. The Morgan fingerprint density at radius 1 is 1.17 bits per heavy atom. The van der Waals surface area contributed by atoms with Gasteiger partial charge in [-0.1, -0.05) is 23.7 Å². The van der Waals surface area contributed by atoms with Crippen LogP contribution >= 0.6 is 11.6 Å². The second-order valence-corrected chi connectivity index (χ2v) is 6.13. The standard InChI is InChI=1S/C17H17ClN4O/c1-11-9-14-16(19-11)20-15(12-3-2-4-13(18)10-12)21-17(14)22-5-7-23-8-6-22/h2-4,9-10H,5-8H2,1H3,(H,19,20,21). The Morgan fingerprint density at radius 2 is 2.00 bits per heavy atom. The second kappa shape index (κ2) is 5.83. The lowest BCUT2D eigenvalue weighted by Crippen LogP contribution is -2.37. The van der Waals surface area contributed by atoms with Crippen molar-refractivity contribution >= 4 is 28.5 Å². The summed E-state index contributed by atoms with van der Waals surface area (Å²) in [7, 11) is 0. The van der Waals surface area contributed by atoms with E-state index in [1.54, 1.807) is 0 Å². The summed E-state index contributed by atoms with van der Waals surface area (Å²) in [6.07, 6.45) is 0. The van der Waals surface area contributed by atoms with Crippen molar-refractivity contribution in [3.63, 3.8) is 0 Å². The van der Waals surface area contributed by atoms with Crippen LogP contribution in [-0.2, 0) is 4.74 Å². The number of aromatic nitrogens is 3. The molecule has 0 amide bonds. The zero-order valence-electron chi connectivity index (χ0n) is 12.8. The van der Waals surface area contributed by atoms with Gasteiger partial charge in [0.15, 0.2) is 5.82 Å². The lowest BCUT2D eigenvalue weighted by atomic mass is 10.2. The molecule has 0 bridgehead atoms. The van der Waals surface area contributed by atoms with E-state index in [0.717, 1.165) is 54.4 Å². The van der Waals surface area contributed by atoms with Gasteiger partial charge >= 0.3 is 0 Å². The number of aromatic amines is 1. The van der Waals surface area contributed by atoms with Crippen LogP contribution in [0.3, 0.4) is 0 Å². The molecule has 1 N–H and O–H groups in total. The fourth-order valence-electron chi connectivity index (χ4n) is 2.90. The van der Waals surface area contributed by atoms with Crippen LogP contribution < -0.4 is 4.90 Å². The number of anilines is 1. The first kappa shape index (κ1) is 14.5. The number of ether oxygens (including phenoxy) is 1. The van der Waals surface area contributed by atoms with Crippen LogP contribution in [0.4, 0.5) is 5.82 Å². The highest BCUT2D eigenvalue weighted by molar-refractivity contribution is 6.30. The number of nitrogens with zero attached hydrogens (tertiary/aromatic N) is 3. The van der Waals surface area contributed by atoms with Gasteiger partial charge in [0, 0.05) is 29.4 Å². The second-order valence-electron chi connectivity index (χ2n) is 5.70. The molecule has 0 unspecified atom stereocenters. The summed E-state index contributed by atoms with van der Waals surface area (Å²) in [5, 5.41) is 1.73. The molecule has 3 aromatic rings. The number of fused-ring (bicyclic) bond motifs is 1. The molecule has 6 heteroatoms. The van der Waals surface area contributed by atoms with Gasteiger partial charge in [0.1, 0.15) is 11.5 Å². The SMILES string of the molecule is Cc1cc2c(N3CCOCC3)nc(-c3cccc(Cl)c3)nc2[nH]1. The largest absolute Gasteiger partial charge is 0.378 e. The Hall–Kier alpha value is -2.11. The zero-order chi connectivity index (χ0) is 15.8. The van der Waals surface area contributed by atoms with Gasteiger partial charge in [-0.25, -0.2) is 9.97 Å². The van der Waals surface area contributed by atoms with Crippen LogP contribution in [0, 0.1) is 6.92 Å². The van der Waals surface area contributed by atoms with E-state index >= 15 is 0 Å². The Kier molecular flexibility index (Phi) is 3.67. The van der Waals surface area contributed by atoms with Gasteiger partial charge < -0.3 is 14.6 Å². The van der Waals surface area contributed by atoms with Gasteiger partial charge in [-0.2, -0.15) is 0 Å². The predicted octanol–water partition coefficient (Wildman–Crippen LogP) is 3.42. The molecular formula is C17H17ClN4O. The van der Waals surface area contributed by atoms with Crippen LogP contribution in [0.1, 0.15) is 5.69 Å². The highest BCUT2D eigenvalue weighted by Crippen LogP contribution is 2.29. The van der Waals surface area contributed by atoms with Crippen molar-refractivity contribution in [2.75, 3.05) is 31.2 Å². The molecule has 1 aromatic carbocycles. The molecule has 23 heavy (non-hydrogen) atoms. The van der Waals surface area contributed by atoms with E-state index in [1.807, 2.05) is 31.2 Å². The Labute approximate surface area is 139 Å². The molecule has 0 atom stereocenters. The van der Waals surface area contributed by atoms with Crippen molar-refractivity contribution in [1.82, 2.24) is 15.0 Å². The Balaban J connectivity index is 1.89. The first-order valence-electron chi connectivity index (χ1n) is 7.67. The minimum absolute atomic E-state index is 0.682. The fourth-order valence-corrected chi connectivity index (χ4v) is 3.09. The highest BCUT2D eigenvalue weighted by atomic mass is 35.5. The topological polar surface area (TPSA) is 54.0 Å². The summed E-state index contributed by atoms with van der Waals surface area (Å²) < 4.78 is 5.46. The molecule has 4 rings (SSSR count). The maximum atomic E-state index is 6.12. The molecule has 1 aliphatic rings. The molecule has 0 spiro atoms. The fraction of sp³-hybridized carbons (Fsp3) is 0.294. The lowest BCUT2D eigenvalue weighted by molar-refractivity contribution is 0.122. The summed E-state index contributed by atoms with van der Waals surface area (Å²) in [5.41, 5.74) is 2.85. The average molecular weight is 329 g/mol. The van der Waals surface area contributed by atoms with E-state index in [0.29, 0.717) is 10.8 Å². The van der Waals surface area contributed by atoms with Gasteiger partial charge in [0.2, 0.25) is 0 Å². The van der Waals surface area contributed by atoms with Gasteiger partial charge in [0.25, 0.3) is 0 Å². The highest BCUT2D eigenvalue weighted by Gasteiger charge is 2.19. The molecule has 1 fully saturated rings. The smallest absolute Gasteiger partial charge is 0.163 e. The maximum Gasteiger partial charge on any atom is 0.163 e. The number of nitrogens with one attached hydrogen (secondary N) is 1. The average Bonchev–Trinajstić information content (AvgIpc) is 2.95. The van der Waals surface area contributed by atoms with Gasteiger partial charge in [0.05, 0.1) is 18.6 Å². The van der Waals surface area contributed by atoms with Gasteiger partial charge in [-0.15, -0.1) is 0 Å². The number of halogens is 1.